The van der Waals surface area contributed by atoms with Crippen molar-refractivity contribution in [1.29, 1.82) is 0 Å². The standard InChI is InChI=1S/C16H22BrNO2/c1-3-9-20-16-7-6-15(17)10-14(16)11-18-8-4-5-13(2)12-19/h1,6-7,10,13,18-19H,4-5,8-9,11-12H2,2H3. The first-order valence-corrected chi connectivity index (χ1v) is 7.63. The van der Waals surface area contributed by atoms with E-state index in [1.54, 1.807) is 0 Å². The molecule has 0 bridgehead atoms. The summed E-state index contributed by atoms with van der Waals surface area (Å²) >= 11 is 3.46. The van der Waals surface area contributed by atoms with E-state index in [4.69, 9.17) is 16.3 Å². The van der Waals surface area contributed by atoms with Crippen molar-refractivity contribution in [2.45, 2.75) is 26.3 Å². The third-order valence-electron chi connectivity index (χ3n) is 3.01. The van der Waals surface area contributed by atoms with E-state index in [2.05, 4.69) is 34.1 Å². The summed E-state index contributed by atoms with van der Waals surface area (Å²) in [6.07, 6.45) is 7.30. The number of rotatable bonds is 9. The fraction of sp³-hybridized carbons (Fsp3) is 0.500. The molecular weight excluding hydrogens is 318 g/mol. The Labute approximate surface area is 129 Å². The van der Waals surface area contributed by atoms with Gasteiger partial charge in [-0.25, -0.2) is 0 Å². The molecule has 0 fully saturated rings. The molecule has 110 valence electrons. The molecule has 0 aliphatic carbocycles. The van der Waals surface area contributed by atoms with Gasteiger partial charge < -0.3 is 15.2 Å². The number of ether oxygens (including phenoxy) is 1. The van der Waals surface area contributed by atoms with Gasteiger partial charge in [0.15, 0.2) is 0 Å². The molecule has 0 aromatic heterocycles. The summed E-state index contributed by atoms with van der Waals surface area (Å²) in [4.78, 5) is 0. The third-order valence-corrected chi connectivity index (χ3v) is 3.50. The Morgan fingerprint density at radius 2 is 2.30 bits per heavy atom. The molecule has 1 rings (SSSR count). The molecule has 1 unspecified atom stereocenters. The molecule has 3 nitrogen and oxygen atoms in total. The van der Waals surface area contributed by atoms with Crippen LogP contribution in [0.15, 0.2) is 22.7 Å². The highest BCUT2D eigenvalue weighted by Gasteiger charge is 2.05. The Morgan fingerprint density at radius 3 is 3.00 bits per heavy atom. The second-order valence-corrected chi connectivity index (χ2v) is 5.77. The van der Waals surface area contributed by atoms with E-state index in [1.165, 1.54) is 0 Å². The molecule has 0 radical (unpaired) electrons. The molecule has 0 spiro atoms. The Morgan fingerprint density at radius 1 is 1.50 bits per heavy atom. The van der Waals surface area contributed by atoms with Gasteiger partial charge in [0.05, 0.1) is 0 Å². The van der Waals surface area contributed by atoms with Gasteiger partial charge in [0, 0.05) is 23.2 Å². The summed E-state index contributed by atoms with van der Waals surface area (Å²) in [6, 6.07) is 5.90. The number of hydrogen-bond donors (Lipinski definition) is 2. The second kappa shape index (κ2) is 9.82. The fourth-order valence-corrected chi connectivity index (χ4v) is 2.24. The zero-order valence-corrected chi connectivity index (χ0v) is 13.4. The van der Waals surface area contributed by atoms with Crippen LogP contribution >= 0.6 is 15.9 Å². The van der Waals surface area contributed by atoms with Crippen LogP contribution in [0.5, 0.6) is 5.75 Å². The Hall–Kier alpha value is -1.02. The molecule has 2 N–H and O–H groups in total. The maximum Gasteiger partial charge on any atom is 0.148 e. The van der Waals surface area contributed by atoms with Crippen LogP contribution in [-0.2, 0) is 6.54 Å². The highest BCUT2D eigenvalue weighted by atomic mass is 79.9. The summed E-state index contributed by atoms with van der Waals surface area (Å²) in [7, 11) is 0. The summed E-state index contributed by atoms with van der Waals surface area (Å²) in [5.74, 6) is 3.67. The van der Waals surface area contributed by atoms with Crippen LogP contribution in [0.25, 0.3) is 0 Å². The molecule has 0 heterocycles. The maximum absolute atomic E-state index is 8.96. The second-order valence-electron chi connectivity index (χ2n) is 4.85. The molecule has 20 heavy (non-hydrogen) atoms. The van der Waals surface area contributed by atoms with E-state index in [0.717, 1.165) is 41.7 Å². The Bertz CT molecular complexity index is 443. The van der Waals surface area contributed by atoms with Gasteiger partial charge in [-0.05, 0) is 43.5 Å². The van der Waals surface area contributed by atoms with Gasteiger partial charge >= 0.3 is 0 Å². The predicted octanol–water partition coefficient (Wildman–Crippen LogP) is 2.96. The fourth-order valence-electron chi connectivity index (χ4n) is 1.84. The number of aliphatic hydroxyl groups excluding tert-OH is 1. The van der Waals surface area contributed by atoms with E-state index in [-0.39, 0.29) is 13.2 Å². The van der Waals surface area contributed by atoms with Crippen molar-refractivity contribution >= 4 is 15.9 Å². The Kier molecular flexibility index (Phi) is 8.36. The van der Waals surface area contributed by atoms with Crippen LogP contribution in [0, 0.1) is 18.3 Å². The smallest absolute Gasteiger partial charge is 0.148 e. The van der Waals surface area contributed by atoms with E-state index in [1.807, 2.05) is 18.2 Å². The average molecular weight is 340 g/mol. The quantitative estimate of drug-likeness (QED) is 0.536. The number of terminal acetylenes is 1. The van der Waals surface area contributed by atoms with Crippen molar-refractivity contribution in [3.63, 3.8) is 0 Å². The molecule has 1 aromatic rings. The first-order valence-electron chi connectivity index (χ1n) is 6.83. The molecule has 0 aliphatic heterocycles. The van der Waals surface area contributed by atoms with Crippen molar-refractivity contribution in [3.8, 4) is 18.1 Å². The van der Waals surface area contributed by atoms with Crippen LogP contribution in [0.1, 0.15) is 25.3 Å². The van der Waals surface area contributed by atoms with Crippen LogP contribution in [-0.4, -0.2) is 24.9 Å². The molecule has 0 amide bonds. The van der Waals surface area contributed by atoms with Gasteiger partial charge in [-0.2, -0.15) is 0 Å². The zero-order chi connectivity index (χ0) is 14.8. The van der Waals surface area contributed by atoms with Crippen LogP contribution in [0.3, 0.4) is 0 Å². The third kappa shape index (κ3) is 6.42. The van der Waals surface area contributed by atoms with Crippen molar-refractivity contribution in [2.75, 3.05) is 19.8 Å². The summed E-state index contributed by atoms with van der Waals surface area (Å²) in [5.41, 5.74) is 1.09. The predicted molar refractivity (Wildman–Crippen MR) is 85.7 cm³/mol. The lowest BCUT2D eigenvalue weighted by molar-refractivity contribution is 0.228. The van der Waals surface area contributed by atoms with Gasteiger partial charge in [-0.1, -0.05) is 28.8 Å². The maximum atomic E-state index is 8.96. The zero-order valence-electron chi connectivity index (χ0n) is 11.9. The minimum Gasteiger partial charge on any atom is -0.481 e. The van der Waals surface area contributed by atoms with E-state index >= 15 is 0 Å². The van der Waals surface area contributed by atoms with Gasteiger partial charge in [0.1, 0.15) is 12.4 Å². The number of hydrogen-bond acceptors (Lipinski definition) is 3. The number of nitrogens with one attached hydrogen (secondary N) is 1. The van der Waals surface area contributed by atoms with E-state index in [0.29, 0.717) is 5.92 Å². The first-order chi connectivity index (χ1) is 9.67. The van der Waals surface area contributed by atoms with Gasteiger partial charge in [0.25, 0.3) is 0 Å². The van der Waals surface area contributed by atoms with E-state index < -0.39 is 0 Å². The minimum atomic E-state index is 0.260. The first kappa shape index (κ1) is 17.0. The average Bonchev–Trinajstić information content (AvgIpc) is 2.45. The van der Waals surface area contributed by atoms with Crippen LogP contribution in [0.4, 0.5) is 0 Å². The number of benzene rings is 1. The molecule has 4 heteroatoms. The lowest BCUT2D eigenvalue weighted by Crippen LogP contribution is -2.16. The normalized spacial score (nSPS) is 11.9. The minimum absolute atomic E-state index is 0.260. The number of halogens is 1. The summed E-state index contributed by atoms with van der Waals surface area (Å²) in [5, 5.41) is 12.4. The molecule has 1 aromatic carbocycles. The highest BCUT2D eigenvalue weighted by Crippen LogP contribution is 2.23. The largest absolute Gasteiger partial charge is 0.481 e. The van der Waals surface area contributed by atoms with Gasteiger partial charge in [-0.3, -0.25) is 0 Å². The lowest BCUT2D eigenvalue weighted by Gasteiger charge is -2.12. The van der Waals surface area contributed by atoms with Crippen LogP contribution in [0.2, 0.25) is 0 Å². The van der Waals surface area contributed by atoms with Gasteiger partial charge in [0.2, 0.25) is 0 Å². The van der Waals surface area contributed by atoms with Crippen molar-refractivity contribution in [2.24, 2.45) is 5.92 Å². The van der Waals surface area contributed by atoms with Crippen molar-refractivity contribution < 1.29 is 9.84 Å². The molecule has 1 atom stereocenters. The lowest BCUT2D eigenvalue weighted by atomic mass is 10.1. The Balaban J connectivity index is 2.42. The molecule has 0 saturated heterocycles. The topological polar surface area (TPSA) is 41.5 Å². The summed E-state index contributed by atoms with van der Waals surface area (Å²) in [6.45, 7) is 4.26. The molecule has 0 aliphatic rings. The molecule has 0 saturated carbocycles. The van der Waals surface area contributed by atoms with Crippen LogP contribution < -0.4 is 10.1 Å². The highest BCUT2D eigenvalue weighted by molar-refractivity contribution is 9.10. The van der Waals surface area contributed by atoms with E-state index in [9.17, 15) is 0 Å². The monoisotopic (exact) mass is 339 g/mol. The van der Waals surface area contributed by atoms with Gasteiger partial charge in [-0.15, -0.1) is 6.42 Å². The van der Waals surface area contributed by atoms with Crippen molar-refractivity contribution in [1.82, 2.24) is 5.32 Å². The van der Waals surface area contributed by atoms with Crippen molar-refractivity contribution in [3.05, 3.63) is 28.2 Å². The molecular formula is C16H22BrNO2. The summed E-state index contributed by atoms with van der Waals surface area (Å²) < 4.78 is 6.55. The number of aliphatic hydroxyl groups is 1. The SMILES string of the molecule is C#CCOc1ccc(Br)cc1CNCCCC(C)CO.